The van der Waals surface area contributed by atoms with Crippen LogP contribution < -0.4 is 5.32 Å². The summed E-state index contributed by atoms with van der Waals surface area (Å²) < 4.78 is 0. The lowest BCUT2D eigenvalue weighted by Gasteiger charge is -2.53. The highest BCUT2D eigenvalue weighted by molar-refractivity contribution is 8.00. The number of pyridine rings is 1. The van der Waals surface area contributed by atoms with Crippen molar-refractivity contribution in [1.29, 1.82) is 0 Å². The van der Waals surface area contributed by atoms with Crippen LogP contribution in [0.2, 0.25) is 0 Å². The van der Waals surface area contributed by atoms with Gasteiger partial charge in [-0.3, -0.25) is 4.79 Å². The fourth-order valence-corrected chi connectivity index (χ4v) is 6.31. The van der Waals surface area contributed by atoms with Gasteiger partial charge in [-0.25, -0.2) is 4.98 Å². The molecule has 6 heteroatoms. The molecule has 0 spiro atoms. The molecule has 1 unspecified atom stereocenters. The second kappa shape index (κ2) is 8.19. The molecule has 3 aliphatic rings. The van der Waals surface area contributed by atoms with Crippen LogP contribution in [-0.2, 0) is 4.79 Å². The Morgan fingerprint density at radius 3 is 2.73 bits per heavy atom. The Balaban J connectivity index is 1.59. The number of aryl methyl sites for hydroxylation is 1. The zero-order valence-corrected chi connectivity index (χ0v) is 18.7. The molecule has 1 fully saturated rings. The third-order valence-electron chi connectivity index (χ3n) is 5.74. The average Bonchev–Trinajstić information content (AvgIpc) is 2.62. The molecule has 0 aromatic carbocycles. The smallest absolute Gasteiger partial charge is 0.234 e. The quantitative estimate of drug-likeness (QED) is 0.467. The van der Waals surface area contributed by atoms with Gasteiger partial charge >= 0.3 is 0 Å². The van der Waals surface area contributed by atoms with Gasteiger partial charge in [-0.1, -0.05) is 25.0 Å². The molecule has 4 rings (SSSR count). The van der Waals surface area contributed by atoms with Crippen molar-refractivity contribution in [3.05, 3.63) is 22.9 Å². The number of hydrogen-bond donors (Lipinski definition) is 1. The first kappa shape index (κ1) is 20.2. The molecule has 0 saturated heterocycles. The molecule has 0 radical (unpaired) electrons. The molecular formula is C20H28N2OS3. The first-order valence-corrected chi connectivity index (χ1v) is 12.7. The fourth-order valence-electron chi connectivity index (χ4n) is 4.08. The summed E-state index contributed by atoms with van der Waals surface area (Å²) in [5, 5.41) is 4.00. The van der Waals surface area contributed by atoms with Crippen LogP contribution in [0.5, 0.6) is 0 Å². The average molecular weight is 409 g/mol. The van der Waals surface area contributed by atoms with Crippen LogP contribution in [0.25, 0.3) is 0 Å². The molecule has 1 aromatic heterocycles. The van der Waals surface area contributed by atoms with Crippen molar-refractivity contribution in [3.63, 3.8) is 0 Å². The number of thioether (sulfide) groups is 3. The summed E-state index contributed by atoms with van der Waals surface area (Å²) in [6.45, 7) is 6.75. The molecule has 1 aromatic rings. The number of allylic oxidation sites excluding steroid dienone is 1. The maximum Gasteiger partial charge on any atom is 0.234 e. The summed E-state index contributed by atoms with van der Waals surface area (Å²) in [4.78, 5) is 18.1. The summed E-state index contributed by atoms with van der Waals surface area (Å²) in [5.41, 5.74) is 5.52. The summed E-state index contributed by atoms with van der Waals surface area (Å²) in [7, 11) is 0. The highest BCUT2D eigenvalue weighted by Gasteiger charge is 2.47. The number of aromatic nitrogens is 1. The molecule has 1 heterocycles. The largest absolute Gasteiger partial charge is 0.322 e. The van der Waals surface area contributed by atoms with E-state index in [1.165, 1.54) is 19.3 Å². The lowest BCUT2D eigenvalue weighted by atomic mass is 9.52. The van der Waals surface area contributed by atoms with Crippen LogP contribution in [0.3, 0.4) is 0 Å². The maximum atomic E-state index is 12.5. The molecule has 3 aliphatic carbocycles. The molecule has 1 N–H and O–H groups in total. The van der Waals surface area contributed by atoms with Crippen LogP contribution >= 0.6 is 35.3 Å². The van der Waals surface area contributed by atoms with Gasteiger partial charge in [0.1, 0.15) is 5.03 Å². The summed E-state index contributed by atoms with van der Waals surface area (Å²) in [6, 6.07) is 2.04. The minimum absolute atomic E-state index is 0.0680. The predicted molar refractivity (Wildman–Crippen MR) is 117 cm³/mol. The number of rotatable bonds is 7. The Hall–Kier alpha value is -0.590. The summed E-state index contributed by atoms with van der Waals surface area (Å²) >= 11 is 4.97. The number of carbonyl (C=O) groups is 1. The molecule has 1 saturated carbocycles. The number of amides is 1. The fraction of sp³-hybridized carbons (Fsp3) is 0.600. The van der Waals surface area contributed by atoms with E-state index in [2.05, 4.69) is 24.1 Å². The zero-order valence-electron chi connectivity index (χ0n) is 16.3. The Kier molecular flexibility index (Phi) is 6.35. The second-order valence-electron chi connectivity index (χ2n) is 7.63. The Bertz CT molecular complexity index is 718. The van der Waals surface area contributed by atoms with E-state index in [0.29, 0.717) is 11.2 Å². The van der Waals surface area contributed by atoms with E-state index in [0.717, 1.165) is 33.0 Å². The lowest BCUT2D eigenvalue weighted by Crippen LogP contribution is -2.42. The van der Waals surface area contributed by atoms with Crippen molar-refractivity contribution in [2.24, 2.45) is 11.3 Å². The Labute approximate surface area is 170 Å². The number of hydrogen-bond acceptors (Lipinski definition) is 5. The lowest BCUT2D eigenvalue weighted by molar-refractivity contribution is -0.113. The van der Waals surface area contributed by atoms with Crippen molar-refractivity contribution < 1.29 is 4.79 Å². The zero-order chi connectivity index (χ0) is 18.9. The van der Waals surface area contributed by atoms with Crippen LogP contribution in [0.1, 0.15) is 38.8 Å². The Morgan fingerprint density at radius 2 is 2.12 bits per heavy atom. The van der Waals surface area contributed by atoms with Crippen LogP contribution in [0.4, 0.5) is 5.69 Å². The standard InChI is InChI=1S/C20H28N2OS3/c1-12-8-16(24-4)18(19(21-12)25-5)22-17(23)11-26-10-13-6-7-14-9-15(13)20(14,2)3/h8,14H,6-7,9-11H2,1-5H3,(H,22,23). The monoisotopic (exact) mass is 408 g/mol. The van der Waals surface area contributed by atoms with E-state index < -0.39 is 0 Å². The van der Waals surface area contributed by atoms with Crippen molar-refractivity contribution in [2.45, 2.75) is 50.0 Å². The molecule has 1 amide bonds. The molecule has 1 atom stereocenters. The topological polar surface area (TPSA) is 42.0 Å². The number of nitrogens with zero attached hydrogens (tertiary/aromatic N) is 1. The molecule has 0 aliphatic heterocycles. The van der Waals surface area contributed by atoms with Crippen molar-refractivity contribution in [2.75, 3.05) is 29.3 Å². The van der Waals surface area contributed by atoms with E-state index in [1.807, 2.05) is 25.5 Å². The maximum absolute atomic E-state index is 12.5. The minimum Gasteiger partial charge on any atom is -0.322 e. The van der Waals surface area contributed by atoms with Gasteiger partial charge in [0.15, 0.2) is 0 Å². The minimum atomic E-state index is 0.0680. The summed E-state index contributed by atoms with van der Waals surface area (Å²) in [6.07, 6.45) is 7.88. The molecule has 26 heavy (non-hydrogen) atoms. The SMILES string of the molecule is CSc1cc(C)nc(SC)c1NC(=O)CSCC1=C2CC(CC1)C2(C)C. The van der Waals surface area contributed by atoms with E-state index in [-0.39, 0.29) is 5.91 Å². The van der Waals surface area contributed by atoms with E-state index in [9.17, 15) is 4.79 Å². The molecular weight excluding hydrogens is 380 g/mol. The Morgan fingerprint density at radius 1 is 1.35 bits per heavy atom. The first-order valence-electron chi connectivity index (χ1n) is 9.05. The molecule has 2 bridgehead atoms. The normalized spacial score (nSPS) is 20.7. The van der Waals surface area contributed by atoms with Crippen molar-refractivity contribution in [3.8, 4) is 0 Å². The third kappa shape index (κ3) is 3.97. The predicted octanol–water partition coefficient (Wildman–Crippen LogP) is 5.64. The third-order valence-corrected chi connectivity index (χ3v) is 8.20. The van der Waals surface area contributed by atoms with Gasteiger partial charge in [0.25, 0.3) is 0 Å². The number of anilines is 1. The van der Waals surface area contributed by atoms with Gasteiger partial charge in [0.2, 0.25) is 5.91 Å². The second-order valence-corrected chi connectivity index (χ2v) is 10.3. The van der Waals surface area contributed by atoms with Crippen LogP contribution in [-0.4, -0.2) is 34.9 Å². The van der Waals surface area contributed by atoms with Crippen LogP contribution in [0, 0.1) is 18.3 Å². The van der Waals surface area contributed by atoms with Gasteiger partial charge in [0.05, 0.1) is 11.4 Å². The number of fused-ring (bicyclic) bond motifs is 2. The highest BCUT2D eigenvalue weighted by Crippen LogP contribution is 2.58. The first-order chi connectivity index (χ1) is 12.4. The van der Waals surface area contributed by atoms with E-state index >= 15 is 0 Å². The van der Waals surface area contributed by atoms with E-state index in [4.69, 9.17) is 0 Å². The van der Waals surface area contributed by atoms with Crippen molar-refractivity contribution in [1.82, 2.24) is 4.98 Å². The highest BCUT2D eigenvalue weighted by atomic mass is 32.2. The van der Waals surface area contributed by atoms with Crippen molar-refractivity contribution >= 4 is 46.9 Å². The van der Waals surface area contributed by atoms with Crippen LogP contribution in [0.15, 0.2) is 27.1 Å². The molecule has 3 nitrogen and oxygen atoms in total. The number of nitrogens with one attached hydrogen (secondary N) is 1. The van der Waals surface area contributed by atoms with Gasteiger partial charge in [-0.05, 0) is 56.1 Å². The van der Waals surface area contributed by atoms with Gasteiger partial charge < -0.3 is 5.32 Å². The molecule has 142 valence electrons. The number of carbonyl (C=O) groups excluding carboxylic acids is 1. The van der Waals surface area contributed by atoms with Gasteiger partial charge in [-0.15, -0.1) is 35.3 Å². The van der Waals surface area contributed by atoms with Gasteiger partial charge in [0, 0.05) is 16.3 Å². The summed E-state index contributed by atoms with van der Waals surface area (Å²) in [5.74, 6) is 2.45. The van der Waals surface area contributed by atoms with E-state index in [1.54, 1.807) is 46.4 Å². The van der Waals surface area contributed by atoms with Gasteiger partial charge in [-0.2, -0.15) is 0 Å².